The highest BCUT2D eigenvalue weighted by Gasteiger charge is 2.22. The molecule has 172 valence electrons. The number of rotatable bonds is 8. The highest BCUT2D eigenvalue weighted by molar-refractivity contribution is 7.92. The van der Waals surface area contributed by atoms with Crippen LogP contribution in [0.1, 0.15) is 27.0 Å². The predicted octanol–water partition coefficient (Wildman–Crippen LogP) is 5.03. The fourth-order valence-corrected chi connectivity index (χ4v) is 4.64. The molecule has 0 bridgehead atoms. The molecular formula is C27H25N3O3S. The third-order valence-electron chi connectivity index (χ3n) is 5.36. The minimum absolute atomic E-state index is 0.137. The number of carbonyl (C=O) groups is 1. The zero-order chi connectivity index (χ0) is 24.0. The van der Waals surface area contributed by atoms with Crippen LogP contribution in [0.15, 0.2) is 108 Å². The number of nitrogens with zero attached hydrogens (tertiary/aromatic N) is 2. The highest BCUT2D eigenvalue weighted by atomic mass is 32.2. The Balaban J connectivity index is 1.66. The van der Waals surface area contributed by atoms with Gasteiger partial charge in [0.15, 0.2) is 0 Å². The fourth-order valence-electron chi connectivity index (χ4n) is 3.56. The first-order valence-corrected chi connectivity index (χ1v) is 12.3. The normalized spacial score (nSPS) is 11.1. The third kappa shape index (κ3) is 5.68. The Morgan fingerprint density at radius 1 is 0.794 bits per heavy atom. The molecule has 0 saturated carbocycles. The van der Waals surface area contributed by atoms with Crippen LogP contribution in [-0.4, -0.2) is 24.2 Å². The van der Waals surface area contributed by atoms with Gasteiger partial charge in [0.1, 0.15) is 0 Å². The van der Waals surface area contributed by atoms with Crippen LogP contribution >= 0.6 is 0 Å². The predicted molar refractivity (Wildman–Crippen MR) is 133 cm³/mol. The van der Waals surface area contributed by atoms with Crippen molar-refractivity contribution in [2.75, 3.05) is 4.72 Å². The van der Waals surface area contributed by atoms with Gasteiger partial charge in [0, 0.05) is 25.5 Å². The van der Waals surface area contributed by atoms with E-state index in [2.05, 4.69) is 9.71 Å². The summed E-state index contributed by atoms with van der Waals surface area (Å²) in [5.74, 6) is -0.275. The van der Waals surface area contributed by atoms with Crippen LogP contribution < -0.4 is 4.72 Å². The lowest BCUT2D eigenvalue weighted by atomic mass is 10.1. The molecule has 0 radical (unpaired) electrons. The van der Waals surface area contributed by atoms with Crippen LogP contribution in [0.3, 0.4) is 0 Å². The summed E-state index contributed by atoms with van der Waals surface area (Å²) in [4.78, 5) is 19.6. The smallest absolute Gasteiger partial charge is 0.261 e. The standard InChI is InChI=1S/C27H25N3O3S/c1-21-11-13-24(14-12-21)34(32,33)29-26-10-6-5-9-25(26)27(31)30(19-22-7-3-2-4-8-22)20-23-15-17-28-18-16-23/h2-18,29H,19-20H2,1H3. The topological polar surface area (TPSA) is 79.4 Å². The Morgan fingerprint density at radius 2 is 1.38 bits per heavy atom. The van der Waals surface area contributed by atoms with Crippen molar-refractivity contribution >= 4 is 21.6 Å². The van der Waals surface area contributed by atoms with Crippen LogP contribution in [0.2, 0.25) is 0 Å². The van der Waals surface area contributed by atoms with E-state index in [1.54, 1.807) is 65.8 Å². The summed E-state index contributed by atoms with van der Waals surface area (Å²) in [7, 11) is -3.86. The molecule has 1 amide bonds. The summed E-state index contributed by atoms with van der Waals surface area (Å²) in [6.07, 6.45) is 3.37. The summed E-state index contributed by atoms with van der Waals surface area (Å²) in [5, 5.41) is 0. The number of hydrogen-bond acceptors (Lipinski definition) is 4. The second-order valence-electron chi connectivity index (χ2n) is 7.97. The molecule has 1 aromatic heterocycles. The molecule has 0 saturated heterocycles. The van der Waals surface area contributed by atoms with Crippen LogP contribution in [0.25, 0.3) is 0 Å². The van der Waals surface area contributed by atoms with Crippen LogP contribution in [0, 0.1) is 6.92 Å². The Labute approximate surface area is 200 Å². The lowest BCUT2D eigenvalue weighted by Gasteiger charge is -2.24. The van der Waals surface area contributed by atoms with Crippen molar-refractivity contribution < 1.29 is 13.2 Å². The average Bonchev–Trinajstić information content (AvgIpc) is 2.85. The van der Waals surface area contributed by atoms with Crippen molar-refractivity contribution in [2.45, 2.75) is 24.9 Å². The summed E-state index contributed by atoms with van der Waals surface area (Å²) < 4.78 is 28.6. The number of sulfonamides is 1. The maximum Gasteiger partial charge on any atom is 0.261 e. The van der Waals surface area contributed by atoms with E-state index in [9.17, 15) is 13.2 Å². The maximum absolute atomic E-state index is 13.7. The molecule has 7 heteroatoms. The summed E-state index contributed by atoms with van der Waals surface area (Å²) in [6, 6.07) is 26.6. The van der Waals surface area contributed by atoms with E-state index in [1.165, 1.54) is 0 Å². The summed E-state index contributed by atoms with van der Waals surface area (Å²) in [5.41, 5.74) is 3.38. The van der Waals surface area contributed by atoms with Gasteiger partial charge in [-0.3, -0.25) is 14.5 Å². The van der Waals surface area contributed by atoms with Crippen LogP contribution in [-0.2, 0) is 23.1 Å². The Hall–Kier alpha value is -3.97. The Morgan fingerprint density at radius 3 is 2.06 bits per heavy atom. The van der Waals surface area contributed by atoms with Gasteiger partial charge in [0.25, 0.3) is 15.9 Å². The molecule has 0 fully saturated rings. The van der Waals surface area contributed by atoms with E-state index in [1.807, 2.05) is 49.4 Å². The zero-order valence-electron chi connectivity index (χ0n) is 18.8. The monoisotopic (exact) mass is 471 g/mol. The first-order chi connectivity index (χ1) is 16.4. The minimum Gasteiger partial charge on any atom is -0.330 e. The van der Waals surface area contributed by atoms with E-state index in [0.29, 0.717) is 13.1 Å². The van der Waals surface area contributed by atoms with E-state index >= 15 is 0 Å². The molecule has 34 heavy (non-hydrogen) atoms. The molecule has 6 nitrogen and oxygen atoms in total. The van der Waals surface area contributed by atoms with Crippen molar-refractivity contribution in [1.82, 2.24) is 9.88 Å². The number of benzene rings is 3. The summed E-state index contributed by atoms with van der Waals surface area (Å²) >= 11 is 0. The van der Waals surface area contributed by atoms with E-state index in [0.717, 1.165) is 16.7 Å². The molecule has 1 N–H and O–H groups in total. The quantitative estimate of drug-likeness (QED) is 0.391. The molecule has 1 heterocycles. The van der Waals surface area contributed by atoms with Crippen molar-refractivity contribution in [3.05, 3.63) is 126 Å². The molecule has 0 aliphatic carbocycles. The minimum atomic E-state index is -3.86. The Kier molecular flexibility index (Phi) is 7.04. The van der Waals surface area contributed by atoms with Gasteiger partial charge in [-0.05, 0) is 54.4 Å². The zero-order valence-corrected chi connectivity index (χ0v) is 19.6. The number of para-hydroxylation sites is 1. The first kappa shape index (κ1) is 23.2. The lowest BCUT2D eigenvalue weighted by molar-refractivity contribution is 0.0731. The van der Waals surface area contributed by atoms with E-state index in [4.69, 9.17) is 0 Å². The van der Waals surface area contributed by atoms with Crippen LogP contribution in [0.4, 0.5) is 5.69 Å². The molecule has 0 atom stereocenters. The third-order valence-corrected chi connectivity index (χ3v) is 6.74. The second-order valence-corrected chi connectivity index (χ2v) is 9.65. The average molecular weight is 472 g/mol. The van der Waals surface area contributed by atoms with Gasteiger partial charge in [0.05, 0.1) is 16.1 Å². The van der Waals surface area contributed by atoms with Gasteiger partial charge >= 0.3 is 0 Å². The number of carbonyl (C=O) groups excluding carboxylic acids is 1. The lowest BCUT2D eigenvalue weighted by Crippen LogP contribution is -2.31. The van der Waals surface area contributed by atoms with Gasteiger partial charge < -0.3 is 4.90 Å². The second kappa shape index (κ2) is 10.3. The van der Waals surface area contributed by atoms with Gasteiger partial charge in [-0.2, -0.15) is 0 Å². The number of aryl methyl sites for hydroxylation is 1. The van der Waals surface area contributed by atoms with Crippen molar-refractivity contribution in [3.63, 3.8) is 0 Å². The highest BCUT2D eigenvalue weighted by Crippen LogP contribution is 2.23. The number of nitrogens with one attached hydrogen (secondary N) is 1. The van der Waals surface area contributed by atoms with Gasteiger partial charge in [0.2, 0.25) is 0 Å². The largest absolute Gasteiger partial charge is 0.330 e. The Bertz CT molecular complexity index is 1320. The molecule has 0 unspecified atom stereocenters. The first-order valence-electron chi connectivity index (χ1n) is 10.8. The fraction of sp³-hybridized carbons (Fsp3) is 0.111. The number of aromatic nitrogens is 1. The molecule has 0 spiro atoms. The molecule has 0 aliphatic heterocycles. The molecular weight excluding hydrogens is 446 g/mol. The SMILES string of the molecule is Cc1ccc(S(=O)(=O)Nc2ccccc2C(=O)N(Cc2ccccc2)Cc2ccncc2)cc1. The molecule has 0 aliphatic rings. The van der Waals surface area contributed by atoms with Crippen molar-refractivity contribution in [3.8, 4) is 0 Å². The number of pyridine rings is 1. The molecule has 4 rings (SSSR count). The van der Waals surface area contributed by atoms with Crippen molar-refractivity contribution in [2.24, 2.45) is 0 Å². The van der Waals surface area contributed by atoms with Gasteiger partial charge in [-0.1, -0.05) is 60.2 Å². The molecule has 3 aromatic carbocycles. The maximum atomic E-state index is 13.7. The van der Waals surface area contributed by atoms with E-state index in [-0.39, 0.29) is 22.1 Å². The molecule has 4 aromatic rings. The van der Waals surface area contributed by atoms with Gasteiger partial charge in [-0.25, -0.2) is 8.42 Å². The number of hydrogen-bond donors (Lipinski definition) is 1. The number of amides is 1. The van der Waals surface area contributed by atoms with Crippen LogP contribution in [0.5, 0.6) is 0 Å². The van der Waals surface area contributed by atoms with Crippen molar-refractivity contribution in [1.29, 1.82) is 0 Å². The van der Waals surface area contributed by atoms with E-state index < -0.39 is 10.0 Å². The number of anilines is 1. The summed E-state index contributed by atoms with van der Waals surface area (Å²) in [6.45, 7) is 2.62. The van der Waals surface area contributed by atoms with Gasteiger partial charge in [-0.15, -0.1) is 0 Å².